The number of halogens is 2. The highest BCUT2D eigenvalue weighted by Crippen LogP contribution is 2.22. The lowest BCUT2D eigenvalue weighted by Gasteiger charge is -2.15. The Labute approximate surface area is 136 Å². The van der Waals surface area contributed by atoms with E-state index in [4.69, 9.17) is 16.3 Å². The second-order valence-electron chi connectivity index (χ2n) is 4.62. The molecule has 1 atom stereocenters. The maximum atomic E-state index is 13.6. The van der Waals surface area contributed by atoms with Gasteiger partial charge in [0.05, 0.1) is 10.6 Å². The van der Waals surface area contributed by atoms with E-state index in [1.54, 1.807) is 24.3 Å². The van der Waals surface area contributed by atoms with Gasteiger partial charge in [-0.3, -0.25) is 14.9 Å². The number of ether oxygens (including phenoxy) is 1. The van der Waals surface area contributed by atoms with Crippen LogP contribution in [-0.2, 0) is 4.79 Å². The van der Waals surface area contributed by atoms with Gasteiger partial charge in [-0.05, 0) is 37.3 Å². The Morgan fingerprint density at radius 3 is 2.57 bits per heavy atom. The number of hydrogen-bond donors (Lipinski definition) is 1. The normalized spacial score (nSPS) is 11.6. The van der Waals surface area contributed by atoms with Crippen molar-refractivity contribution in [3.05, 3.63) is 63.4 Å². The van der Waals surface area contributed by atoms with Crippen molar-refractivity contribution in [2.24, 2.45) is 0 Å². The molecule has 0 heterocycles. The van der Waals surface area contributed by atoms with Crippen LogP contribution in [0.5, 0.6) is 5.75 Å². The van der Waals surface area contributed by atoms with E-state index >= 15 is 0 Å². The third kappa shape index (κ3) is 4.40. The first kappa shape index (κ1) is 16.7. The number of amides is 1. The lowest BCUT2D eigenvalue weighted by molar-refractivity contribution is -0.384. The largest absolute Gasteiger partial charge is 0.481 e. The van der Waals surface area contributed by atoms with Crippen LogP contribution in [0.25, 0.3) is 0 Å². The molecular weight excluding hydrogens is 327 g/mol. The van der Waals surface area contributed by atoms with Crippen molar-refractivity contribution in [3.8, 4) is 5.75 Å². The van der Waals surface area contributed by atoms with Gasteiger partial charge in [-0.15, -0.1) is 0 Å². The van der Waals surface area contributed by atoms with E-state index in [1.165, 1.54) is 6.92 Å². The zero-order chi connectivity index (χ0) is 17.0. The molecule has 1 unspecified atom stereocenters. The fourth-order valence-corrected chi connectivity index (χ4v) is 1.85. The molecule has 0 aromatic heterocycles. The number of anilines is 1. The van der Waals surface area contributed by atoms with Crippen molar-refractivity contribution in [1.29, 1.82) is 0 Å². The molecule has 6 nitrogen and oxygen atoms in total. The van der Waals surface area contributed by atoms with Crippen molar-refractivity contribution in [2.75, 3.05) is 5.32 Å². The highest BCUT2D eigenvalue weighted by Gasteiger charge is 2.18. The van der Waals surface area contributed by atoms with E-state index < -0.39 is 22.8 Å². The average Bonchev–Trinajstić information content (AvgIpc) is 2.51. The lowest BCUT2D eigenvalue weighted by atomic mass is 10.2. The van der Waals surface area contributed by atoms with E-state index in [-0.39, 0.29) is 11.4 Å². The number of carbonyl (C=O) groups excluding carboxylic acids is 1. The fraction of sp³-hybridized carbons (Fsp3) is 0.133. The van der Waals surface area contributed by atoms with Gasteiger partial charge in [0.15, 0.2) is 6.10 Å². The molecule has 8 heteroatoms. The molecule has 0 fully saturated rings. The van der Waals surface area contributed by atoms with Crippen molar-refractivity contribution >= 4 is 28.9 Å². The van der Waals surface area contributed by atoms with Crippen molar-refractivity contribution in [3.63, 3.8) is 0 Å². The molecule has 23 heavy (non-hydrogen) atoms. The van der Waals surface area contributed by atoms with Gasteiger partial charge in [0, 0.05) is 17.2 Å². The van der Waals surface area contributed by atoms with Gasteiger partial charge in [-0.2, -0.15) is 0 Å². The molecule has 0 aliphatic heterocycles. The summed E-state index contributed by atoms with van der Waals surface area (Å²) in [5.74, 6) is -1.00. The van der Waals surface area contributed by atoms with Gasteiger partial charge < -0.3 is 10.1 Å². The first-order chi connectivity index (χ1) is 10.9. The number of nitrogens with zero attached hydrogens (tertiary/aromatic N) is 1. The number of benzene rings is 2. The molecular formula is C15H12ClFN2O4. The molecule has 0 radical (unpaired) electrons. The Morgan fingerprint density at radius 2 is 1.96 bits per heavy atom. The monoisotopic (exact) mass is 338 g/mol. The number of nitro benzene ring substituents is 1. The molecule has 0 aliphatic carbocycles. The Kier molecular flexibility index (Phi) is 5.13. The van der Waals surface area contributed by atoms with Crippen molar-refractivity contribution < 1.29 is 18.8 Å². The van der Waals surface area contributed by atoms with E-state index in [0.29, 0.717) is 10.8 Å². The second-order valence-corrected chi connectivity index (χ2v) is 5.06. The van der Waals surface area contributed by atoms with Gasteiger partial charge in [-0.1, -0.05) is 11.6 Å². The van der Waals surface area contributed by atoms with E-state index in [9.17, 15) is 19.3 Å². The zero-order valence-corrected chi connectivity index (χ0v) is 12.7. The van der Waals surface area contributed by atoms with Crippen LogP contribution < -0.4 is 10.1 Å². The molecule has 2 rings (SSSR count). The van der Waals surface area contributed by atoms with Crippen LogP contribution in [0, 0.1) is 15.9 Å². The minimum absolute atomic E-state index is 0.282. The summed E-state index contributed by atoms with van der Waals surface area (Å²) >= 11 is 5.74. The minimum atomic E-state index is -0.935. The van der Waals surface area contributed by atoms with Crippen LogP contribution in [0.2, 0.25) is 5.02 Å². The summed E-state index contributed by atoms with van der Waals surface area (Å²) < 4.78 is 19.0. The number of non-ortho nitro benzene ring substituents is 1. The predicted molar refractivity (Wildman–Crippen MR) is 83.2 cm³/mol. The third-order valence-corrected chi connectivity index (χ3v) is 3.17. The molecule has 1 N–H and O–H groups in total. The summed E-state index contributed by atoms with van der Waals surface area (Å²) in [6.45, 7) is 1.47. The zero-order valence-electron chi connectivity index (χ0n) is 12.0. The summed E-state index contributed by atoms with van der Waals surface area (Å²) in [4.78, 5) is 22.0. The van der Waals surface area contributed by atoms with E-state index in [2.05, 4.69) is 5.32 Å². The molecule has 2 aromatic carbocycles. The molecule has 0 saturated heterocycles. The molecule has 2 aromatic rings. The van der Waals surface area contributed by atoms with Crippen LogP contribution in [0.4, 0.5) is 15.8 Å². The molecule has 1 amide bonds. The van der Waals surface area contributed by atoms with Crippen LogP contribution in [0.15, 0.2) is 42.5 Å². The number of nitro groups is 1. The summed E-state index contributed by atoms with van der Waals surface area (Å²) in [7, 11) is 0. The Morgan fingerprint density at radius 1 is 1.30 bits per heavy atom. The lowest BCUT2D eigenvalue weighted by Crippen LogP contribution is -2.30. The van der Waals surface area contributed by atoms with Gasteiger partial charge in [0.25, 0.3) is 11.6 Å². The molecule has 0 aliphatic rings. The molecule has 0 spiro atoms. The van der Waals surface area contributed by atoms with Crippen LogP contribution in [0.1, 0.15) is 6.92 Å². The molecule has 0 bridgehead atoms. The number of rotatable bonds is 5. The predicted octanol–water partition coefficient (Wildman–Crippen LogP) is 3.79. The Bertz CT molecular complexity index is 737. The Balaban J connectivity index is 2.07. The standard InChI is InChI=1S/C15H12ClFN2O4/c1-9(23-12-5-2-10(16)3-6-12)15(20)18-14-8-11(19(21)22)4-7-13(14)17/h2-9H,1H3,(H,18,20). The maximum Gasteiger partial charge on any atom is 0.271 e. The molecule has 120 valence electrons. The van der Waals surface area contributed by atoms with Gasteiger partial charge in [-0.25, -0.2) is 4.39 Å². The van der Waals surface area contributed by atoms with Gasteiger partial charge >= 0.3 is 0 Å². The van der Waals surface area contributed by atoms with E-state index in [1.807, 2.05) is 0 Å². The van der Waals surface area contributed by atoms with Crippen molar-refractivity contribution in [1.82, 2.24) is 0 Å². The fourth-order valence-electron chi connectivity index (χ4n) is 1.73. The van der Waals surface area contributed by atoms with Crippen LogP contribution in [-0.4, -0.2) is 16.9 Å². The maximum absolute atomic E-state index is 13.6. The summed E-state index contributed by atoms with van der Waals surface area (Å²) in [5.41, 5.74) is -0.608. The topological polar surface area (TPSA) is 81.5 Å². The van der Waals surface area contributed by atoms with Crippen LogP contribution in [0.3, 0.4) is 0 Å². The SMILES string of the molecule is CC(Oc1ccc(Cl)cc1)C(=O)Nc1cc([N+](=O)[O-])ccc1F. The summed E-state index contributed by atoms with van der Waals surface area (Å²) in [6.07, 6.45) is -0.935. The summed E-state index contributed by atoms with van der Waals surface area (Å²) in [5, 5.41) is 13.5. The highest BCUT2D eigenvalue weighted by atomic mass is 35.5. The van der Waals surface area contributed by atoms with Gasteiger partial charge in [0.1, 0.15) is 11.6 Å². The Hall–Kier alpha value is -2.67. The smallest absolute Gasteiger partial charge is 0.271 e. The quantitative estimate of drug-likeness (QED) is 0.664. The molecule has 0 saturated carbocycles. The first-order valence-electron chi connectivity index (χ1n) is 6.54. The van der Waals surface area contributed by atoms with Crippen LogP contribution >= 0.6 is 11.6 Å². The second kappa shape index (κ2) is 7.06. The third-order valence-electron chi connectivity index (χ3n) is 2.91. The highest BCUT2D eigenvalue weighted by molar-refractivity contribution is 6.30. The average molecular weight is 339 g/mol. The first-order valence-corrected chi connectivity index (χ1v) is 6.91. The number of carbonyl (C=O) groups is 1. The van der Waals surface area contributed by atoms with Crippen molar-refractivity contribution in [2.45, 2.75) is 13.0 Å². The number of nitrogens with one attached hydrogen (secondary N) is 1. The number of hydrogen-bond acceptors (Lipinski definition) is 4. The van der Waals surface area contributed by atoms with Gasteiger partial charge in [0.2, 0.25) is 0 Å². The summed E-state index contributed by atoms with van der Waals surface area (Å²) in [6, 6.07) is 9.24. The minimum Gasteiger partial charge on any atom is -0.481 e. The van der Waals surface area contributed by atoms with E-state index in [0.717, 1.165) is 18.2 Å².